The number of phenolic OH excluding ortho intramolecular Hbond substituents is 1. The molecule has 4 heteroatoms. The molecule has 1 aromatic rings. The molecule has 0 saturated heterocycles. The number of hydrogen-bond donors (Lipinski definition) is 3. The lowest BCUT2D eigenvalue weighted by Gasteiger charge is -2.62. The van der Waals surface area contributed by atoms with E-state index in [0.29, 0.717) is 5.56 Å². The maximum absolute atomic E-state index is 12.2. The van der Waals surface area contributed by atoms with Gasteiger partial charge in [0.05, 0.1) is 0 Å². The number of rotatable bonds is 2. The molecule has 1 aliphatic rings. The van der Waals surface area contributed by atoms with Crippen LogP contribution >= 0.6 is 0 Å². The molecule has 0 heterocycles. The molecule has 4 nitrogen and oxygen atoms in total. The first-order valence-electron chi connectivity index (χ1n) is 6.53. The van der Waals surface area contributed by atoms with E-state index in [1.807, 2.05) is 0 Å². The van der Waals surface area contributed by atoms with Crippen molar-refractivity contribution in [3.63, 3.8) is 0 Å². The van der Waals surface area contributed by atoms with E-state index in [4.69, 9.17) is 5.73 Å². The van der Waals surface area contributed by atoms with Crippen LogP contribution in [0.15, 0.2) is 24.3 Å². The van der Waals surface area contributed by atoms with Gasteiger partial charge in [0.2, 0.25) is 0 Å². The van der Waals surface area contributed by atoms with Crippen LogP contribution in [0.25, 0.3) is 0 Å². The SMILES string of the molecule is CC1(C)C(N)C(C)(C)C1NC(=O)c1ccc(O)cc1. The van der Waals surface area contributed by atoms with Crippen molar-refractivity contribution in [2.75, 3.05) is 0 Å². The van der Waals surface area contributed by atoms with Gasteiger partial charge in [0.1, 0.15) is 5.75 Å². The summed E-state index contributed by atoms with van der Waals surface area (Å²) >= 11 is 0. The molecule has 0 aromatic heterocycles. The van der Waals surface area contributed by atoms with Gasteiger partial charge < -0.3 is 16.2 Å². The molecule has 1 aromatic carbocycles. The molecule has 0 atom stereocenters. The lowest BCUT2D eigenvalue weighted by atomic mass is 9.48. The molecule has 0 radical (unpaired) electrons. The average Bonchev–Trinajstić information content (AvgIpc) is 2.35. The highest BCUT2D eigenvalue weighted by atomic mass is 16.3. The van der Waals surface area contributed by atoms with Gasteiger partial charge in [-0.2, -0.15) is 0 Å². The zero-order valence-electron chi connectivity index (χ0n) is 11.9. The summed E-state index contributed by atoms with van der Waals surface area (Å²) in [5.74, 6) is 0.0286. The minimum atomic E-state index is -0.127. The molecular formula is C15H22N2O2. The molecule has 19 heavy (non-hydrogen) atoms. The zero-order valence-corrected chi connectivity index (χ0v) is 11.9. The van der Waals surface area contributed by atoms with Crippen molar-refractivity contribution in [1.29, 1.82) is 0 Å². The quantitative estimate of drug-likeness (QED) is 0.761. The number of nitrogens with one attached hydrogen (secondary N) is 1. The second-order valence-corrected chi connectivity index (χ2v) is 6.57. The molecule has 0 bridgehead atoms. The van der Waals surface area contributed by atoms with E-state index < -0.39 is 0 Å². The van der Waals surface area contributed by atoms with Crippen molar-refractivity contribution in [3.8, 4) is 5.75 Å². The highest BCUT2D eigenvalue weighted by Gasteiger charge is 2.60. The number of aromatic hydroxyl groups is 1. The first-order chi connectivity index (χ1) is 8.67. The lowest BCUT2D eigenvalue weighted by molar-refractivity contribution is -0.0663. The summed E-state index contributed by atoms with van der Waals surface area (Å²) in [6, 6.07) is 6.35. The highest BCUT2D eigenvalue weighted by Crippen LogP contribution is 2.52. The van der Waals surface area contributed by atoms with Gasteiger partial charge >= 0.3 is 0 Å². The van der Waals surface area contributed by atoms with E-state index in [2.05, 4.69) is 33.0 Å². The van der Waals surface area contributed by atoms with E-state index >= 15 is 0 Å². The monoisotopic (exact) mass is 262 g/mol. The molecule has 1 saturated carbocycles. The number of phenols is 1. The number of nitrogens with two attached hydrogens (primary N) is 1. The lowest BCUT2D eigenvalue weighted by Crippen LogP contribution is -2.76. The van der Waals surface area contributed by atoms with Crippen molar-refractivity contribution in [2.24, 2.45) is 16.6 Å². The van der Waals surface area contributed by atoms with Crippen molar-refractivity contribution in [3.05, 3.63) is 29.8 Å². The number of benzene rings is 1. The Morgan fingerprint density at radius 2 is 1.63 bits per heavy atom. The molecule has 0 aliphatic heterocycles. The van der Waals surface area contributed by atoms with E-state index in [1.165, 1.54) is 12.1 Å². The van der Waals surface area contributed by atoms with Gasteiger partial charge in [-0.05, 0) is 24.3 Å². The number of hydrogen-bond acceptors (Lipinski definition) is 3. The summed E-state index contributed by atoms with van der Waals surface area (Å²) in [5, 5.41) is 12.3. The fraction of sp³-hybridized carbons (Fsp3) is 0.533. The Balaban J connectivity index is 2.13. The third-order valence-corrected chi connectivity index (χ3v) is 4.50. The number of carbonyl (C=O) groups is 1. The van der Waals surface area contributed by atoms with Gasteiger partial charge in [-0.25, -0.2) is 0 Å². The molecular weight excluding hydrogens is 240 g/mol. The summed E-state index contributed by atoms with van der Waals surface area (Å²) in [7, 11) is 0. The maximum Gasteiger partial charge on any atom is 0.251 e. The van der Waals surface area contributed by atoms with Crippen molar-refractivity contribution in [1.82, 2.24) is 5.32 Å². The van der Waals surface area contributed by atoms with Gasteiger partial charge in [-0.1, -0.05) is 27.7 Å². The summed E-state index contributed by atoms with van der Waals surface area (Å²) in [6.07, 6.45) is 0. The van der Waals surface area contributed by atoms with Crippen LogP contribution in [-0.4, -0.2) is 23.1 Å². The molecule has 104 valence electrons. The predicted octanol–water partition coefficient (Wildman–Crippen LogP) is 1.88. The first-order valence-corrected chi connectivity index (χ1v) is 6.53. The van der Waals surface area contributed by atoms with Gasteiger partial charge in [0.25, 0.3) is 5.91 Å². The van der Waals surface area contributed by atoms with Crippen molar-refractivity contribution < 1.29 is 9.90 Å². The topological polar surface area (TPSA) is 75.3 Å². The van der Waals surface area contributed by atoms with Crippen LogP contribution in [-0.2, 0) is 0 Å². The molecule has 4 N–H and O–H groups in total. The normalized spacial score (nSPS) is 27.4. The molecule has 1 amide bonds. The van der Waals surface area contributed by atoms with Crippen LogP contribution in [0.3, 0.4) is 0 Å². The predicted molar refractivity (Wildman–Crippen MR) is 74.9 cm³/mol. The van der Waals surface area contributed by atoms with Crippen LogP contribution in [0.2, 0.25) is 0 Å². The standard InChI is InChI=1S/C15H22N2O2/c1-14(2)12(16)15(3,4)13(14)17-11(19)9-5-7-10(18)8-6-9/h5-8,12-13,18H,16H2,1-4H3,(H,17,19). The second-order valence-electron chi connectivity index (χ2n) is 6.57. The molecule has 1 aliphatic carbocycles. The molecule has 0 unspecified atom stereocenters. The van der Waals surface area contributed by atoms with Crippen molar-refractivity contribution >= 4 is 5.91 Å². The summed E-state index contributed by atoms with van der Waals surface area (Å²) in [5.41, 5.74) is 6.49. The Kier molecular flexibility index (Phi) is 3.09. The van der Waals surface area contributed by atoms with Crippen LogP contribution in [0.5, 0.6) is 5.75 Å². The Morgan fingerprint density at radius 3 is 2.11 bits per heavy atom. The van der Waals surface area contributed by atoms with Gasteiger partial charge in [-0.3, -0.25) is 4.79 Å². The van der Waals surface area contributed by atoms with Gasteiger partial charge in [0.15, 0.2) is 0 Å². The smallest absolute Gasteiger partial charge is 0.251 e. The first kappa shape index (κ1) is 13.9. The average molecular weight is 262 g/mol. The van der Waals surface area contributed by atoms with E-state index in [1.54, 1.807) is 12.1 Å². The fourth-order valence-corrected chi connectivity index (χ4v) is 3.38. The molecule has 0 spiro atoms. The fourth-order valence-electron chi connectivity index (χ4n) is 3.38. The highest BCUT2D eigenvalue weighted by molar-refractivity contribution is 5.94. The van der Waals surface area contributed by atoms with E-state index in [0.717, 1.165) is 0 Å². The van der Waals surface area contributed by atoms with Crippen LogP contribution < -0.4 is 11.1 Å². The Hall–Kier alpha value is -1.55. The van der Waals surface area contributed by atoms with Gasteiger partial charge in [0, 0.05) is 28.5 Å². The third kappa shape index (κ3) is 2.10. The third-order valence-electron chi connectivity index (χ3n) is 4.50. The van der Waals surface area contributed by atoms with E-state index in [-0.39, 0.29) is 34.6 Å². The number of amides is 1. The van der Waals surface area contributed by atoms with Gasteiger partial charge in [-0.15, -0.1) is 0 Å². The number of carbonyl (C=O) groups excluding carboxylic acids is 1. The van der Waals surface area contributed by atoms with E-state index in [9.17, 15) is 9.90 Å². The minimum Gasteiger partial charge on any atom is -0.508 e. The summed E-state index contributed by atoms with van der Waals surface area (Å²) in [4.78, 5) is 12.2. The maximum atomic E-state index is 12.2. The van der Waals surface area contributed by atoms with Crippen LogP contribution in [0, 0.1) is 10.8 Å². The van der Waals surface area contributed by atoms with Crippen LogP contribution in [0.4, 0.5) is 0 Å². The summed E-state index contributed by atoms with van der Waals surface area (Å²) < 4.78 is 0. The Labute approximate surface area is 114 Å². The Bertz CT molecular complexity index is 475. The van der Waals surface area contributed by atoms with Crippen molar-refractivity contribution in [2.45, 2.75) is 39.8 Å². The summed E-state index contributed by atoms with van der Waals surface area (Å²) in [6.45, 7) is 8.30. The minimum absolute atomic E-state index is 0.0382. The molecule has 2 rings (SSSR count). The zero-order chi connectivity index (χ0) is 14.4. The van der Waals surface area contributed by atoms with Crippen LogP contribution in [0.1, 0.15) is 38.1 Å². The second kappa shape index (κ2) is 4.23. The largest absolute Gasteiger partial charge is 0.508 e. The Morgan fingerprint density at radius 1 is 1.16 bits per heavy atom. The molecule has 1 fully saturated rings.